The summed E-state index contributed by atoms with van der Waals surface area (Å²) in [4.78, 5) is 37.6. The fourth-order valence-electron chi connectivity index (χ4n) is 4.03. The number of H-pyrrole nitrogens is 1. The van der Waals surface area contributed by atoms with Crippen LogP contribution in [0, 0.1) is 17.8 Å². The van der Waals surface area contributed by atoms with E-state index in [2.05, 4.69) is 0 Å². The van der Waals surface area contributed by atoms with Gasteiger partial charge in [0.25, 0.3) is 5.56 Å². The maximum atomic E-state index is 16.0. The van der Waals surface area contributed by atoms with Crippen molar-refractivity contribution in [2.45, 2.75) is 58.8 Å². The van der Waals surface area contributed by atoms with Crippen LogP contribution in [0.3, 0.4) is 0 Å². The molecule has 1 aliphatic heterocycles. The second-order valence-corrected chi connectivity index (χ2v) is 11.9. The predicted molar refractivity (Wildman–Crippen MR) is 139 cm³/mol. The molecule has 0 radical (unpaired) electrons. The molecule has 1 fully saturated rings. The second kappa shape index (κ2) is 12.1. The van der Waals surface area contributed by atoms with E-state index in [1.165, 1.54) is 26.0 Å². The standard InChI is InChI=1S/C25H35FN3O9P/c1-15(2)16(3)13-29(18(5)23(32)33)39(35,38-19-9-7-6-8-10-19)36-14-20-22(31)17(4)25(26,37-20)28-12-11-21(30)27-24(28)34/h6-12,15-18,20,22,31H,13-14H2,1-5H3,(H,32,33)(H,27,30,34)/t16?,17-,18-,20-,22+,25+,39-/m1/s1. The van der Waals surface area contributed by atoms with Crippen molar-refractivity contribution in [3.8, 4) is 5.75 Å². The van der Waals surface area contributed by atoms with E-state index in [0.29, 0.717) is 4.57 Å². The van der Waals surface area contributed by atoms with Gasteiger partial charge in [-0.3, -0.25) is 19.1 Å². The number of hydrogen-bond donors (Lipinski definition) is 3. The van der Waals surface area contributed by atoms with Crippen molar-refractivity contribution in [3.63, 3.8) is 0 Å². The first-order chi connectivity index (χ1) is 18.2. The van der Waals surface area contributed by atoms with Crippen LogP contribution in [0.25, 0.3) is 0 Å². The lowest BCUT2D eigenvalue weighted by atomic mass is 9.98. The Morgan fingerprint density at radius 1 is 1.23 bits per heavy atom. The highest BCUT2D eigenvalue weighted by Crippen LogP contribution is 2.54. The van der Waals surface area contributed by atoms with Gasteiger partial charge >= 0.3 is 25.4 Å². The summed E-state index contributed by atoms with van der Waals surface area (Å²) in [5.74, 6) is -5.32. The van der Waals surface area contributed by atoms with Crippen LogP contribution in [0.4, 0.5) is 4.39 Å². The van der Waals surface area contributed by atoms with Crippen LogP contribution in [0.1, 0.15) is 34.6 Å². The summed E-state index contributed by atoms with van der Waals surface area (Å²) in [6.07, 6.45) is -2.05. The minimum Gasteiger partial charge on any atom is -0.480 e. The number of hydrogen-bond acceptors (Lipinski definition) is 8. The third-order valence-electron chi connectivity index (χ3n) is 7.02. The summed E-state index contributed by atoms with van der Waals surface area (Å²) in [6, 6.07) is 7.64. The van der Waals surface area contributed by atoms with Crippen molar-refractivity contribution >= 4 is 13.7 Å². The number of carbonyl (C=O) groups is 1. The number of nitrogens with zero attached hydrogens (tertiary/aromatic N) is 2. The minimum atomic E-state index is -4.46. The van der Waals surface area contributed by atoms with Gasteiger partial charge in [-0.1, -0.05) is 45.9 Å². The molecule has 1 aliphatic rings. The van der Waals surface area contributed by atoms with Gasteiger partial charge in [-0.2, -0.15) is 9.06 Å². The zero-order valence-electron chi connectivity index (χ0n) is 22.4. The highest BCUT2D eigenvalue weighted by Gasteiger charge is 2.56. The normalized spacial score (nSPS) is 26.3. The summed E-state index contributed by atoms with van der Waals surface area (Å²) in [6.45, 7) is 7.73. The molecule has 0 amide bonds. The van der Waals surface area contributed by atoms with E-state index in [1.807, 2.05) is 25.8 Å². The molecule has 3 rings (SSSR count). The van der Waals surface area contributed by atoms with E-state index in [-0.39, 0.29) is 24.1 Å². The number of halogens is 1. The van der Waals surface area contributed by atoms with Crippen LogP contribution < -0.4 is 15.8 Å². The van der Waals surface area contributed by atoms with Crippen molar-refractivity contribution in [2.75, 3.05) is 13.2 Å². The highest BCUT2D eigenvalue weighted by atomic mass is 31.2. The van der Waals surface area contributed by atoms with Crippen LogP contribution in [-0.4, -0.2) is 61.8 Å². The first-order valence-corrected chi connectivity index (χ1v) is 14.1. The molecule has 2 heterocycles. The van der Waals surface area contributed by atoms with E-state index in [4.69, 9.17) is 13.8 Å². The fourth-order valence-corrected chi connectivity index (χ4v) is 6.04. The Labute approximate surface area is 224 Å². The van der Waals surface area contributed by atoms with E-state index < -0.39 is 61.7 Å². The SMILES string of the molecule is CC(C)C(C)CN([C@H](C)C(=O)O)[P@@](=O)(OC[C@H]1O[C@@](F)(n2ccc(=O)[nH]c2=O)[C@H](C)[C@@H]1O)Oc1ccccc1. The monoisotopic (exact) mass is 571 g/mol. The Kier molecular flexibility index (Phi) is 9.56. The number of ether oxygens (including phenoxy) is 1. The molecule has 0 saturated carbocycles. The van der Waals surface area contributed by atoms with Gasteiger partial charge in [0.15, 0.2) is 0 Å². The molecule has 216 valence electrons. The molecule has 2 aromatic rings. The summed E-state index contributed by atoms with van der Waals surface area (Å²) < 4.78 is 48.9. The van der Waals surface area contributed by atoms with Crippen LogP contribution in [0.15, 0.2) is 52.2 Å². The Morgan fingerprint density at radius 2 is 1.87 bits per heavy atom. The molecular formula is C25H35FN3O9P. The number of rotatable bonds is 12. The quantitative estimate of drug-likeness (QED) is 0.323. The molecule has 14 heteroatoms. The summed E-state index contributed by atoms with van der Waals surface area (Å²) >= 11 is 0. The Bertz CT molecular complexity index is 1300. The zero-order valence-corrected chi connectivity index (χ0v) is 23.3. The zero-order chi connectivity index (χ0) is 29.1. The molecular weight excluding hydrogens is 536 g/mol. The van der Waals surface area contributed by atoms with Crippen LogP contribution >= 0.6 is 7.75 Å². The van der Waals surface area contributed by atoms with Gasteiger partial charge in [-0.15, -0.1) is 0 Å². The lowest BCUT2D eigenvalue weighted by molar-refractivity contribution is -0.221. The Hall–Kier alpha value is -2.83. The van der Waals surface area contributed by atoms with Crippen LogP contribution in [-0.2, 0) is 24.6 Å². The number of aliphatic carboxylic acids is 1. The number of aromatic amines is 1. The first-order valence-electron chi connectivity index (χ1n) is 12.6. The molecule has 1 unspecified atom stereocenters. The largest absolute Gasteiger partial charge is 0.480 e. The van der Waals surface area contributed by atoms with Gasteiger partial charge in [-0.05, 0) is 30.9 Å². The van der Waals surface area contributed by atoms with Crippen molar-refractivity contribution < 1.29 is 37.7 Å². The van der Waals surface area contributed by atoms with Gasteiger partial charge in [0.05, 0.1) is 18.6 Å². The maximum Gasteiger partial charge on any atom is 0.462 e. The maximum absolute atomic E-state index is 16.0. The Morgan fingerprint density at radius 3 is 2.44 bits per heavy atom. The van der Waals surface area contributed by atoms with E-state index in [0.717, 1.165) is 16.9 Å². The smallest absolute Gasteiger partial charge is 0.462 e. The van der Waals surface area contributed by atoms with E-state index in [1.54, 1.807) is 18.2 Å². The Balaban J connectivity index is 1.95. The van der Waals surface area contributed by atoms with Crippen molar-refractivity contribution in [3.05, 3.63) is 63.4 Å². The van der Waals surface area contributed by atoms with Gasteiger partial charge in [0, 0.05) is 18.8 Å². The highest BCUT2D eigenvalue weighted by molar-refractivity contribution is 7.51. The first kappa shape index (κ1) is 30.7. The van der Waals surface area contributed by atoms with Crippen LogP contribution in [0.2, 0.25) is 0 Å². The molecule has 1 saturated heterocycles. The van der Waals surface area contributed by atoms with Gasteiger partial charge in [0.1, 0.15) is 17.9 Å². The number of aliphatic hydroxyl groups is 1. The summed E-state index contributed by atoms with van der Waals surface area (Å²) in [5, 5.41) is 20.6. The van der Waals surface area contributed by atoms with Crippen molar-refractivity contribution in [1.82, 2.24) is 14.2 Å². The number of aliphatic hydroxyl groups excluding tert-OH is 1. The van der Waals surface area contributed by atoms with Gasteiger partial charge < -0.3 is 19.5 Å². The molecule has 3 N–H and O–H groups in total. The third kappa shape index (κ3) is 6.67. The summed E-state index contributed by atoms with van der Waals surface area (Å²) in [5.41, 5.74) is -1.83. The van der Waals surface area contributed by atoms with Crippen molar-refractivity contribution in [2.24, 2.45) is 17.8 Å². The second-order valence-electron chi connectivity index (χ2n) is 10.1. The molecule has 7 atom stereocenters. The molecule has 12 nitrogen and oxygen atoms in total. The topological polar surface area (TPSA) is 160 Å². The van der Waals surface area contributed by atoms with E-state index in [9.17, 15) is 29.2 Å². The third-order valence-corrected chi connectivity index (χ3v) is 9.08. The summed E-state index contributed by atoms with van der Waals surface area (Å²) in [7, 11) is -4.46. The molecule has 1 aromatic heterocycles. The lowest BCUT2D eigenvalue weighted by Gasteiger charge is -2.35. The molecule has 39 heavy (non-hydrogen) atoms. The fraction of sp³-hybridized carbons (Fsp3) is 0.560. The average Bonchev–Trinajstić information content (AvgIpc) is 3.09. The number of aromatic nitrogens is 2. The van der Waals surface area contributed by atoms with Crippen LogP contribution in [0.5, 0.6) is 5.75 Å². The predicted octanol–water partition coefficient (Wildman–Crippen LogP) is 2.78. The number of alkyl halides is 1. The number of carboxylic acid groups (broad SMARTS) is 1. The minimum absolute atomic E-state index is 0.0273. The van der Waals surface area contributed by atoms with Gasteiger partial charge in [0.2, 0.25) is 0 Å². The molecule has 1 aromatic carbocycles. The number of nitrogens with one attached hydrogen (secondary N) is 1. The van der Waals surface area contributed by atoms with Crippen molar-refractivity contribution in [1.29, 1.82) is 0 Å². The molecule has 0 bridgehead atoms. The molecule has 0 spiro atoms. The number of benzene rings is 1. The van der Waals surface area contributed by atoms with E-state index >= 15 is 4.39 Å². The lowest BCUT2D eigenvalue weighted by Crippen LogP contribution is -2.44. The molecule has 0 aliphatic carbocycles. The van der Waals surface area contributed by atoms with Gasteiger partial charge in [-0.25, -0.2) is 13.9 Å². The number of carboxylic acids is 1. The average molecular weight is 572 g/mol. The number of para-hydroxylation sites is 1.